The van der Waals surface area contributed by atoms with Crippen molar-refractivity contribution in [1.82, 2.24) is 9.13 Å². The van der Waals surface area contributed by atoms with Crippen LogP contribution in [-0.4, -0.2) is 44.4 Å². The van der Waals surface area contributed by atoms with Crippen LogP contribution >= 0.6 is 0 Å². The van der Waals surface area contributed by atoms with Crippen LogP contribution in [0.1, 0.15) is 60.3 Å². The Bertz CT molecular complexity index is 193. The van der Waals surface area contributed by atoms with Crippen LogP contribution in [0.2, 0.25) is 0 Å². The maximum Gasteiger partial charge on any atom is 0.258 e. The Labute approximate surface area is 117 Å². The van der Waals surface area contributed by atoms with E-state index >= 15 is 0 Å². The number of allylic oxidation sites excluding steroid dienone is 1. The quantitative estimate of drug-likeness (QED) is 0.526. The van der Waals surface area contributed by atoms with Crippen molar-refractivity contribution in [3.05, 3.63) is 11.8 Å². The normalized spacial score (nSPS) is 12.4. The molecule has 0 spiro atoms. The molecule has 0 saturated heterocycles. The molecule has 107 valence electrons. The standard InChI is InChI=1S/C15H33N2Si/c1-6-11-12-15-18(16(9-4)13-7-2)17(10-5)14-8-3/h12,15H,6-11,13-14H2,1-5H3. The molecule has 0 rings (SSSR count). The van der Waals surface area contributed by atoms with Gasteiger partial charge in [-0.05, 0) is 45.4 Å². The van der Waals surface area contributed by atoms with Crippen LogP contribution in [0.25, 0.3) is 0 Å². The summed E-state index contributed by atoms with van der Waals surface area (Å²) in [4.78, 5) is 0. The lowest BCUT2D eigenvalue weighted by atomic mass is 10.3. The summed E-state index contributed by atoms with van der Waals surface area (Å²) in [6.45, 7) is 16.3. The van der Waals surface area contributed by atoms with Crippen LogP contribution in [0.5, 0.6) is 0 Å². The van der Waals surface area contributed by atoms with Gasteiger partial charge in [0, 0.05) is 0 Å². The molecular weight excluding hydrogens is 236 g/mol. The third kappa shape index (κ3) is 6.71. The zero-order valence-corrected chi connectivity index (χ0v) is 14.2. The number of hydrogen-bond donors (Lipinski definition) is 0. The highest BCUT2D eigenvalue weighted by atomic mass is 28.3. The van der Waals surface area contributed by atoms with E-state index in [-0.39, 0.29) is 0 Å². The second-order valence-corrected chi connectivity index (χ2v) is 7.02. The summed E-state index contributed by atoms with van der Waals surface area (Å²) in [5.74, 6) is 0. The Balaban J connectivity index is 4.74. The molecule has 0 bridgehead atoms. The van der Waals surface area contributed by atoms with Gasteiger partial charge in [-0.15, -0.1) is 0 Å². The summed E-state index contributed by atoms with van der Waals surface area (Å²) in [6, 6.07) is 0. The van der Waals surface area contributed by atoms with Gasteiger partial charge in [0.2, 0.25) is 0 Å². The lowest BCUT2D eigenvalue weighted by Gasteiger charge is -2.34. The van der Waals surface area contributed by atoms with Crippen molar-refractivity contribution in [1.29, 1.82) is 0 Å². The first kappa shape index (κ1) is 17.9. The molecule has 0 aromatic carbocycles. The lowest BCUT2D eigenvalue weighted by molar-refractivity contribution is 0.365. The van der Waals surface area contributed by atoms with Crippen LogP contribution < -0.4 is 0 Å². The predicted octanol–water partition coefficient (Wildman–Crippen LogP) is 3.83. The average Bonchev–Trinajstić information content (AvgIpc) is 2.39. The zero-order chi connectivity index (χ0) is 13.8. The van der Waals surface area contributed by atoms with E-state index in [2.05, 4.69) is 55.5 Å². The second-order valence-electron chi connectivity index (χ2n) is 4.71. The molecule has 3 heteroatoms. The minimum atomic E-state index is -0.635. The van der Waals surface area contributed by atoms with Crippen LogP contribution in [0.15, 0.2) is 11.8 Å². The summed E-state index contributed by atoms with van der Waals surface area (Å²) in [5, 5.41) is 0. The predicted molar refractivity (Wildman–Crippen MR) is 84.9 cm³/mol. The van der Waals surface area contributed by atoms with Gasteiger partial charge in [-0.3, -0.25) is 0 Å². The van der Waals surface area contributed by atoms with Crippen molar-refractivity contribution in [2.75, 3.05) is 26.2 Å². The maximum atomic E-state index is 2.69. The molecular formula is C15H33N2Si. The van der Waals surface area contributed by atoms with Gasteiger partial charge in [0.15, 0.2) is 0 Å². The van der Waals surface area contributed by atoms with E-state index in [1.54, 1.807) is 0 Å². The van der Waals surface area contributed by atoms with Crippen LogP contribution in [-0.2, 0) is 0 Å². The van der Waals surface area contributed by atoms with Crippen molar-refractivity contribution in [2.45, 2.75) is 60.3 Å². The molecule has 0 saturated carbocycles. The molecule has 0 aliphatic carbocycles. The summed E-state index contributed by atoms with van der Waals surface area (Å²) in [5.41, 5.74) is 2.52. The van der Waals surface area contributed by atoms with Gasteiger partial charge in [-0.2, -0.15) is 0 Å². The topological polar surface area (TPSA) is 6.48 Å². The van der Waals surface area contributed by atoms with E-state index in [1.807, 2.05) is 0 Å². The largest absolute Gasteiger partial charge is 0.309 e. The fraction of sp³-hybridized carbons (Fsp3) is 0.867. The third-order valence-corrected chi connectivity index (χ3v) is 6.03. The Kier molecular flexibility index (Phi) is 11.9. The maximum absolute atomic E-state index is 2.69. The summed E-state index contributed by atoms with van der Waals surface area (Å²) in [7, 11) is -0.635. The Morgan fingerprint density at radius 1 is 0.778 bits per heavy atom. The van der Waals surface area contributed by atoms with Gasteiger partial charge < -0.3 is 9.13 Å². The van der Waals surface area contributed by atoms with E-state index < -0.39 is 9.12 Å². The molecule has 0 unspecified atom stereocenters. The van der Waals surface area contributed by atoms with Gasteiger partial charge in [0.1, 0.15) is 0 Å². The highest BCUT2D eigenvalue weighted by Gasteiger charge is 2.23. The fourth-order valence-corrected chi connectivity index (χ4v) is 4.93. The first-order valence-corrected chi connectivity index (χ1v) is 9.25. The van der Waals surface area contributed by atoms with E-state index in [1.165, 1.54) is 51.9 Å². The lowest BCUT2D eigenvalue weighted by Crippen LogP contribution is -2.52. The van der Waals surface area contributed by atoms with E-state index in [0.717, 1.165) is 0 Å². The van der Waals surface area contributed by atoms with Gasteiger partial charge in [0.25, 0.3) is 9.12 Å². The first-order valence-electron chi connectivity index (χ1n) is 7.78. The molecule has 0 atom stereocenters. The van der Waals surface area contributed by atoms with Crippen molar-refractivity contribution in [3.8, 4) is 0 Å². The molecule has 2 nitrogen and oxygen atoms in total. The van der Waals surface area contributed by atoms with Crippen LogP contribution in [0, 0.1) is 0 Å². The molecule has 0 aromatic rings. The van der Waals surface area contributed by atoms with Crippen molar-refractivity contribution < 1.29 is 0 Å². The SMILES string of the molecule is CCCC=C[Si](N(CC)CCC)N(CC)CCC. The molecule has 0 fully saturated rings. The van der Waals surface area contributed by atoms with E-state index in [9.17, 15) is 0 Å². The third-order valence-electron chi connectivity index (χ3n) is 3.12. The molecule has 0 aromatic heterocycles. The van der Waals surface area contributed by atoms with Gasteiger partial charge >= 0.3 is 0 Å². The van der Waals surface area contributed by atoms with Crippen LogP contribution in [0.4, 0.5) is 0 Å². The van der Waals surface area contributed by atoms with Gasteiger partial charge in [-0.25, -0.2) is 0 Å². The average molecular weight is 270 g/mol. The zero-order valence-electron chi connectivity index (χ0n) is 13.2. The Hall–Kier alpha value is -0.123. The summed E-state index contributed by atoms with van der Waals surface area (Å²) < 4.78 is 5.38. The van der Waals surface area contributed by atoms with Crippen LogP contribution in [0.3, 0.4) is 0 Å². The minimum absolute atomic E-state index is 0.635. The number of rotatable bonds is 11. The number of nitrogens with zero attached hydrogens (tertiary/aromatic N) is 2. The highest BCUT2D eigenvalue weighted by Crippen LogP contribution is 2.07. The molecule has 0 heterocycles. The fourth-order valence-electron chi connectivity index (χ4n) is 2.18. The molecule has 0 amide bonds. The molecule has 0 aliphatic heterocycles. The number of hydrogen-bond acceptors (Lipinski definition) is 2. The monoisotopic (exact) mass is 269 g/mol. The van der Waals surface area contributed by atoms with Crippen molar-refractivity contribution in [2.24, 2.45) is 0 Å². The smallest absolute Gasteiger partial charge is 0.258 e. The van der Waals surface area contributed by atoms with Crippen molar-refractivity contribution >= 4 is 9.12 Å². The summed E-state index contributed by atoms with van der Waals surface area (Å²) in [6.07, 6.45) is 7.40. The van der Waals surface area contributed by atoms with Gasteiger partial charge in [0.05, 0.1) is 0 Å². The molecule has 0 N–H and O–H groups in total. The van der Waals surface area contributed by atoms with E-state index in [4.69, 9.17) is 0 Å². The highest BCUT2D eigenvalue weighted by molar-refractivity contribution is 6.58. The number of unbranched alkanes of at least 4 members (excludes halogenated alkanes) is 1. The second kappa shape index (κ2) is 11.9. The first-order chi connectivity index (χ1) is 8.74. The molecule has 1 radical (unpaired) electrons. The van der Waals surface area contributed by atoms with Gasteiger partial charge in [-0.1, -0.05) is 52.8 Å². The Morgan fingerprint density at radius 3 is 1.61 bits per heavy atom. The van der Waals surface area contributed by atoms with E-state index in [0.29, 0.717) is 0 Å². The minimum Gasteiger partial charge on any atom is -0.309 e. The van der Waals surface area contributed by atoms with Crippen molar-refractivity contribution in [3.63, 3.8) is 0 Å². The Morgan fingerprint density at radius 2 is 1.28 bits per heavy atom. The molecule has 18 heavy (non-hydrogen) atoms. The molecule has 0 aliphatic rings. The summed E-state index contributed by atoms with van der Waals surface area (Å²) >= 11 is 0.